The Morgan fingerprint density at radius 3 is 2.64 bits per heavy atom. The minimum atomic E-state index is -0.0688. The molecule has 0 fully saturated rings. The van der Waals surface area contributed by atoms with Gasteiger partial charge in [-0.1, -0.05) is 35.4 Å². The number of benzene rings is 2. The van der Waals surface area contributed by atoms with E-state index < -0.39 is 0 Å². The molecule has 4 heteroatoms. The average molecular weight is 313 g/mol. The van der Waals surface area contributed by atoms with E-state index in [2.05, 4.69) is 37.4 Å². The van der Waals surface area contributed by atoms with Gasteiger partial charge < -0.3 is 5.32 Å². The summed E-state index contributed by atoms with van der Waals surface area (Å²) < 4.78 is 0. The second-order valence-corrected chi connectivity index (χ2v) is 5.69. The fourth-order valence-corrected chi connectivity index (χ4v) is 2.50. The highest BCUT2D eigenvalue weighted by Crippen LogP contribution is 2.20. The van der Waals surface area contributed by atoms with Crippen LogP contribution in [0.15, 0.2) is 36.4 Å². The summed E-state index contributed by atoms with van der Waals surface area (Å²) in [5, 5.41) is 12.0. The van der Waals surface area contributed by atoms with Gasteiger partial charge in [-0.2, -0.15) is 5.26 Å². The molecule has 0 saturated carbocycles. The summed E-state index contributed by atoms with van der Waals surface area (Å²) in [7, 11) is 0. The van der Waals surface area contributed by atoms with E-state index in [9.17, 15) is 4.79 Å². The quantitative estimate of drug-likeness (QED) is 0.909. The number of hydrogen-bond donors (Lipinski definition) is 1. The smallest absolute Gasteiger partial charge is 0.224 e. The molecule has 2 aromatic rings. The molecule has 0 unspecified atom stereocenters. The first-order valence-corrected chi connectivity index (χ1v) is 7.43. The van der Waals surface area contributed by atoms with Gasteiger partial charge in [0, 0.05) is 12.1 Å². The minimum Gasteiger partial charge on any atom is -0.326 e. The molecule has 0 spiro atoms. The van der Waals surface area contributed by atoms with Gasteiger partial charge in [-0.3, -0.25) is 4.79 Å². The number of hydrogen-bond acceptors (Lipinski definition) is 2. The van der Waals surface area contributed by atoms with Crippen molar-refractivity contribution >= 4 is 23.2 Å². The van der Waals surface area contributed by atoms with Crippen LogP contribution >= 0.6 is 11.6 Å². The van der Waals surface area contributed by atoms with Crippen molar-refractivity contribution in [3.05, 3.63) is 63.7 Å². The first-order chi connectivity index (χ1) is 10.5. The van der Waals surface area contributed by atoms with Crippen LogP contribution in [-0.2, 0) is 11.2 Å². The lowest BCUT2D eigenvalue weighted by molar-refractivity contribution is -0.116. The van der Waals surface area contributed by atoms with Crippen molar-refractivity contribution in [2.24, 2.45) is 0 Å². The monoisotopic (exact) mass is 312 g/mol. The molecule has 0 atom stereocenters. The Hall–Kier alpha value is -2.31. The van der Waals surface area contributed by atoms with E-state index in [-0.39, 0.29) is 5.91 Å². The first-order valence-electron chi connectivity index (χ1n) is 7.05. The summed E-state index contributed by atoms with van der Waals surface area (Å²) in [5.74, 6) is -0.0688. The molecule has 0 heterocycles. The van der Waals surface area contributed by atoms with E-state index >= 15 is 0 Å². The van der Waals surface area contributed by atoms with Crippen molar-refractivity contribution in [1.29, 1.82) is 5.26 Å². The zero-order chi connectivity index (χ0) is 16.1. The summed E-state index contributed by atoms with van der Waals surface area (Å²) in [6, 6.07) is 13.1. The fraction of sp³-hybridized carbons (Fsp3) is 0.222. The van der Waals surface area contributed by atoms with Gasteiger partial charge in [0.15, 0.2) is 0 Å². The van der Waals surface area contributed by atoms with E-state index in [0.29, 0.717) is 29.1 Å². The van der Waals surface area contributed by atoms with Gasteiger partial charge in [0.25, 0.3) is 0 Å². The highest BCUT2D eigenvalue weighted by Gasteiger charge is 2.07. The van der Waals surface area contributed by atoms with Crippen LogP contribution in [0.25, 0.3) is 0 Å². The van der Waals surface area contributed by atoms with Crippen LogP contribution in [0.4, 0.5) is 5.69 Å². The molecule has 2 aromatic carbocycles. The molecule has 1 amide bonds. The molecule has 22 heavy (non-hydrogen) atoms. The third-order valence-corrected chi connectivity index (χ3v) is 3.81. The zero-order valence-electron chi connectivity index (χ0n) is 12.6. The number of nitrogens with one attached hydrogen (secondary N) is 1. The Balaban J connectivity index is 1.96. The van der Waals surface area contributed by atoms with Crippen LogP contribution in [0, 0.1) is 25.2 Å². The third kappa shape index (κ3) is 4.09. The summed E-state index contributed by atoms with van der Waals surface area (Å²) in [6.07, 6.45) is 1.10. The molecule has 0 aromatic heterocycles. The van der Waals surface area contributed by atoms with Gasteiger partial charge in [-0.15, -0.1) is 0 Å². The van der Waals surface area contributed by atoms with Crippen molar-refractivity contribution < 1.29 is 4.79 Å². The number of anilines is 1. The Bertz CT molecular complexity index is 747. The molecular formula is C18H17ClN2O. The van der Waals surface area contributed by atoms with Crippen molar-refractivity contribution in [1.82, 2.24) is 0 Å². The summed E-state index contributed by atoms with van der Waals surface area (Å²) >= 11 is 5.95. The lowest BCUT2D eigenvalue weighted by Crippen LogP contribution is -2.12. The van der Waals surface area contributed by atoms with Crippen molar-refractivity contribution in [2.75, 3.05) is 5.32 Å². The zero-order valence-corrected chi connectivity index (χ0v) is 13.4. The van der Waals surface area contributed by atoms with Gasteiger partial charge in [-0.05, 0) is 49.6 Å². The molecule has 0 saturated heterocycles. The molecule has 0 aliphatic rings. The molecule has 3 nitrogen and oxygen atoms in total. The molecule has 0 radical (unpaired) electrons. The predicted molar refractivity (Wildman–Crippen MR) is 89.0 cm³/mol. The average Bonchev–Trinajstić information content (AvgIpc) is 2.46. The van der Waals surface area contributed by atoms with E-state index in [1.165, 1.54) is 16.7 Å². The Morgan fingerprint density at radius 1 is 1.23 bits per heavy atom. The number of nitriles is 1. The van der Waals surface area contributed by atoms with Gasteiger partial charge in [0.05, 0.1) is 10.6 Å². The van der Waals surface area contributed by atoms with E-state index in [1.54, 1.807) is 18.2 Å². The molecule has 0 bridgehead atoms. The Kier molecular flexibility index (Phi) is 5.19. The number of halogens is 1. The maximum Gasteiger partial charge on any atom is 0.224 e. The maximum absolute atomic E-state index is 12.0. The third-order valence-electron chi connectivity index (χ3n) is 3.49. The molecule has 2 rings (SSSR count). The van der Waals surface area contributed by atoms with Gasteiger partial charge >= 0.3 is 0 Å². The predicted octanol–water partition coefficient (Wildman–Crippen LogP) is 4.40. The lowest BCUT2D eigenvalue weighted by atomic mass is 10.0. The first kappa shape index (κ1) is 16.1. The molecule has 0 aliphatic heterocycles. The van der Waals surface area contributed by atoms with Crippen LogP contribution in [0.1, 0.15) is 28.7 Å². The minimum absolute atomic E-state index is 0.0688. The number of nitrogens with zero attached hydrogens (tertiary/aromatic N) is 1. The highest BCUT2D eigenvalue weighted by molar-refractivity contribution is 6.32. The summed E-state index contributed by atoms with van der Waals surface area (Å²) in [5.41, 5.74) is 4.61. The lowest BCUT2D eigenvalue weighted by Gasteiger charge is -2.08. The summed E-state index contributed by atoms with van der Waals surface area (Å²) in [4.78, 5) is 12.0. The normalized spacial score (nSPS) is 10.1. The largest absolute Gasteiger partial charge is 0.326 e. The number of carbonyl (C=O) groups is 1. The topological polar surface area (TPSA) is 52.9 Å². The standard InChI is InChI=1S/C18H17ClN2O/c1-12-3-4-14(13(2)9-12)6-8-18(22)21-16-7-5-15(11-20)17(19)10-16/h3-5,7,9-10H,6,8H2,1-2H3,(H,21,22). The number of carbonyl (C=O) groups excluding carboxylic acids is 1. The number of amides is 1. The Labute approximate surface area is 135 Å². The SMILES string of the molecule is Cc1ccc(CCC(=O)Nc2ccc(C#N)c(Cl)c2)c(C)c1. The fourth-order valence-electron chi connectivity index (χ4n) is 2.28. The van der Waals surface area contributed by atoms with Crippen LogP contribution < -0.4 is 5.32 Å². The molecular weight excluding hydrogens is 296 g/mol. The van der Waals surface area contributed by atoms with Gasteiger partial charge in [-0.25, -0.2) is 0 Å². The van der Waals surface area contributed by atoms with Crippen LogP contribution in [-0.4, -0.2) is 5.91 Å². The maximum atomic E-state index is 12.0. The van der Waals surface area contributed by atoms with E-state index in [4.69, 9.17) is 16.9 Å². The second kappa shape index (κ2) is 7.11. The van der Waals surface area contributed by atoms with Gasteiger partial charge in [0.2, 0.25) is 5.91 Å². The Morgan fingerprint density at radius 2 is 2.00 bits per heavy atom. The van der Waals surface area contributed by atoms with E-state index in [1.807, 2.05) is 6.07 Å². The summed E-state index contributed by atoms with van der Waals surface area (Å²) in [6.45, 7) is 4.11. The molecule has 1 N–H and O–H groups in total. The van der Waals surface area contributed by atoms with Gasteiger partial charge in [0.1, 0.15) is 6.07 Å². The molecule has 0 aliphatic carbocycles. The molecule has 112 valence electrons. The van der Waals surface area contributed by atoms with Crippen molar-refractivity contribution in [3.8, 4) is 6.07 Å². The number of aryl methyl sites for hydroxylation is 3. The van der Waals surface area contributed by atoms with Crippen molar-refractivity contribution in [2.45, 2.75) is 26.7 Å². The van der Waals surface area contributed by atoms with Crippen LogP contribution in [0.5, 0.6) is 0 Å². The second-order valence-electron chi connectivity index (χ2n) is 5.28. The number of rotatable bonds is 4. The van der Waals surface area contributed by atoms with Crippen LogP contribution in [0.2, 0.25) is 5.02 Å². The van der Waals surface area contributed by atoms with E-state index in [0.717, 1.165) is 0 Å². The van der Waals surface area contributed by atoms with Crippen LogP contribution in [0.3, 0.4) is 0 Å². The highest BCUT2D eigenvalue weighted by atomic mass is 35.5. The van der Waals surface area contributed by atoms with Crippen molar-refractivity contribution in [3.63, 3.8) is 0 Å².